The second kappa shape index (κ2) is 4.70. The van der Waals surface area contributed by atoms with E-state index in [1.165, 1.54) is 4.90 Å². The number of nitrogens with two attached hydrogens (primary N) is 1. The lowest BCUT2D eigenvalue weighted by molar-refractivity contribution is 0.0781. The Labute approximate surface area is 106 Å². The van der Waals surface area contributed by atoms with Crippen LogP contribution in [0.5, 0.6) is 0 Å². The first-order valence-electron chi connectivity index (χ1n) is 5.18. The maximum absolute atomic E-state index is 13.6. The molecule has 0 aliphatic carbocycles. The molecular weight excluding hydrogens is 294 g/mol. The predicted octanol–water partition coefficient (Wildman–Crippen LogP) is 1.90. The molecular formula is C11H11BrF2N2O. The van der Waals surface area contributed by atoms with Crippen molar-refractivity contribution in [3.8, 4) is 0 Å². The molecule has 1 amide bonds. The Morgan fingerprint density at radius 2 is 2.00 bits per heavy atom. The maximum atomic E-state index is 13.6. The van der Waals surface area contributed by atoms with Crippen molar-refractivity contribution in [1.29, 1.82) is 0 Å². The van der Waals surface area contributed by atoms with Gasteiger partial charge in [0.05, 0.1) is 0 Å². The highest BCUT2D eigenvalue weighted by Crippen LogP contribution is 2.22. The molecule has 3 nitrogen and oxygen atoms in total. The van der Waals surface area contributed by atoms with Crippen molar-refractivity contribution in [3.63, 3.8) is 0 Å². The van der Waals surface area contributed by atoms with Gasteiger partial charge in [-0.3, -0.25) is 4.79 Å². The van der Waals surface area contributed by atoms with Crippen LogP contribution in [0.15, 0.2) is 16.6 Å². The van der Waals surface area contributed by atoms with Gasteiger partial charge in [0.1, 0.15) is 17.2 Å². The Kier molecular flexibility index (Phi) is 3.44. The van der Waals surface area contributed by atoms with Gasteiger partial charge < -0.3 is 10.6 Å². The maximum Gasteiger partial charge on any atom is 0.259 e. The van der Waals surface area contributed by atoms with E-state index in [-0.39, 0.29) is 10.5 Å². The third-order valence-corrected chi connectivity index (χ3v) is 3.19. The molecule has 1 heterocycles. The van der Waals surface area contributed by atoms with Gasteiger partial charge in [-0.2, -0.15) is 0 Å². The molecule has 0 radical (unpaired) electrons. The van der Waals surface area contributed by atoms with Crippen molar-refractivity contribution < 1.29 is 13.6 Å². The lowest BCUT2D eigenvalue weighted by Crippen LogP contribution is -2.33. The van der Waals surface area contributed by atoms with Crippen LogP contribution in [0.2, 0.25) is 0 Å². The molecule has 0 aromatic heterocycles. The minimum absolute atomic E-state index is 0.111. The Morgan fingerprint density at radius 3 is 2.47 bits per heavy atom. The summed E-state index contributed by atoms with van der Waals surface area (Å²) in [6.07, 6.45) is 0.658. The number of halogens is 3. The van der Waals surface area contributed by atoms with Gasteiger partial charge >= 0.3 is 0 Å². The molecule has 1 aromatic carbocycles. The standard InChI is InChI=1S/C11H11BrF2N2O/c12-6-3-8(13)10(9(14)4-6)11(17)16-2-1-7(15)5-16/h3-4,7H,1-2,5,15H2. The van der Waals surface area contributed by atoms with Gasteiger partial charge in [-0.15, -0.1) is 0 Å². The highest BCUT2D eigenvalue weighted by Gasteiger charge is 2.28. The van der Waals surface area contributed by atoms with E-state index in [9.17, 15) is 13.6 Å². The minimum atomic E-state index is -0.859. The zero-order valence-corrected chi connectivity index (χ0v) is 10.5. The summed E-state index contributed by atoms with van der Waals surface area (Å²) in [5.41, 5.74) is 5.14. The van der Waals surface area contributed by atoms with Crippen LogP contribution in [-0.4, -0.2) is 29.9 Å². The molecule has 1 aromatic rings. The number of hydrogen-bond donors (Lipinski definition) is 1. The molecule has 1 aliphatic rings. The van der Waals surface area contributed by atoms with E-state index in [1.807, 2.05) is 0 Å². The Balaban J connectivity index is 2.31. The van der Waals surface area contributed by atoms with E-state index in [2.05, 4.69) is 15.9 Å². The Hall–Kier alpha value is -1.01. The van der Waals surface area contributed by atoms with Crippen molar-refractivity contribution in [2.45, 2.75) is 12.5 Å². The van der Waals surface area contributed by atoms with Crippen LogP contribution in [0.4, 0.5) is 8.78 Å². The number of amides is 1. The van der Waals surface area contributed by atoms with Crippen molar-refractivity contribution >= 4 is 21.8 Å². The summed E-state index contributed by atoms with van der Waals surface area (Å²) < 4.78 is 27.4. The molecule has 2 rings (SSSR count). The molecule has 1 unspecified atom stereocenters. The number of benzene rings is 1. The number of likely N-dealkylation sites (tertiary alicyclic amines) is 1. The van der Waals surface area contributed by atoms with E-state index >= 15 is 0 Å². The van der Waals surface area contributed by atoms with Gasteiger partial charge in [0.15, 0.2) is 0 Å². The largest absolute Gasteiger partial charge is 0.337 e. The molecule has 1 saturated heterocycles. The molecule has 1 aliphatic heterocycles. The summed E-state index contributed by atoms with van der Waals surface area (Å²) in [4.78, 5) is 13.3. The van der Waals surface area contributed by atoms with Crippen molar-refractivity contribution in [2.75, 3.05) is 13.1 Å². The Morgan fingerprint density at radius 1 is 1.41 bits per heavy atom. The van der Waals surface area contributed by atoms with Gasteiger partial charge in [-0.05, 0) is 18.6 Å². The lowest BCUT2D eigenvalue weighted by Gasteiger charge is -2.16. The molecule has 1 atom stereocenters. The van der Waals surface area contributed by atoms with Crippen LogP contribution in [0.3, 0.4) is 0 Å². The van der Waals surface area contributed by atoms with E-state index in [1.54, 1.807) is 0 Å². The summed E-state index contributed by atoms with van der Waals surface area (Å²) >= 11 is 2.96. The molecule has 0 spiro atoms. The fourth-order valence-electron chi connectivity index (χ4n) is 1.88. The van der Waals surface area contributed by atoms with Crippen LogP contribution < -0.4 is 5.73 Å². The smallest absolute Gasteiger partial charge is 0.259 e. The van der Waals surface area contributed by atoms with Crippen molar-refractivity contribution in [2.24, 2.45) is 5.73 Å². The summed E-state index contributed by atoms with van der Waals surface area (Å²) in [6.45, 7) is 0.780. The quantitative estimate of drug-likeness (QED) is 0.861. The third kappa shape index (κ3) is 2.47. The fourth-order valence-corrected chi connectivity index (χ4v) is 2.28. The predicted molar refractivity (Wildman–Crippen MR) is 62.6 cm³/mol. The van der Waals surface area contributed by atoms with Crippen molar-refractivity contribution in [3.05, 3.63) is 33.8 Å². The molecule has 92 valence electrons. The topological polar surface area (TPSA) is 46.3 Å². The SMILES string of the molecule is NC1CCN(C(=O)c2c(F)cc(Br)cc2F)C1. The van der Waals surface area contributed by atoms with Gasteiger partial charge in [-0.25, -0.2) is 8.78 Å². The zero-order valence-electron chi connectivity index (χ0n) is 8.92. The zero-order chi connectivity index (χ0) is 12.6. The summed E-state index contributed by atoms with van der Waals surface area (Å²) in [5, 5.41) is 0. The normalized spacial score (nSPS) is 19.8. The van der Waals surface area contributed by atoms with E-state index < -0.39 is 23.1 Å². The molecule has 1 fully saturated rings. The van der Waals surface area contributed by atoms with Gasteiger partial charge in [0.25, 0.3) is 5.91 Å². The molecule has 17 heavy (non-hydrogen) atoms. The van der Waals surface area contributed by atoms with Crippen LogP contribution in [-0.2, 0) is 0 Å². The number of nitrogens with zero attached hydrogens (tertiary/aromatic N) is 1. The monoisotopic (exact) mass is 304 g/mol. The summed E-state index contributed by atoms with van der Waals surface area (Å²) in [7, 11) is 0. The lowest BCUT2D eigenvalue weighted by atomic mass is 10.1. The first-order valence-corrected chi connectivity index (χ1v) is 5.97. The van der Waals surface area contributed by atoms with Gasteiger partial charge in [0.2, 0.25) is 0 Å². The molecule has 0 saturated carbocycles. The Bertz CT molecular complexity index is 444. The highest BCUT2D eigenvalue weighted by molar-refractivity contribution is 9.10. The number of hydrogen-bond acceptors (Lipinski definition) is 2. The van der Waals surface area contributed by atoms with Gasteiger partial charge in [-0.1, -0.05) is 15.9 Å². The number of rotatable bonds is 1. The summed E-state index contributed by atoms with van der Waals surface area (Å²) in [6, 6.07) is 2.04. The third-order valence-electron chi connectivity index (χ3n) is 2.73. The van der Waals surface area contributed by atoms with Crippen LogP contribution >= 0.6 is 15.9 Å². The molecule has 0 bridgehead atoms. The van der Waals surface area contributed by atoms with E-state index in [0.717, 1.165) is 12.1 Å². The first-order chi connectivity index (χ1) is 7.99. The number of carbonyl (C=O) groups excluding carboxylic acids is 1. The fraction of sp³-hybridized carbons (Fsp3) is 0.364. The van der Waals surface area contributed by atoms with E-state index in [4.69, 9.17) is 5.73 Å². The molecule has 2 N–H and O–H groups in total. The summed E-state index contributed by atoms with van der Waals surface area (Å²) in [5.74, 6) is -2.36. The van der Waals surface area contributed by atoms with Crippen LogP contribution in [0.25, 0.3) is 0 Å². The first kappa shape index (κ1) is 12.4. The highest BCUT2D eigenvalue weighted by atomic mass is 79.9. The van der Waals surface area contributed by atoms with Crippen LogP contribution in [0, 0.1) is 11.6 Å². The molecule has 6 heteroatoms. The van der Waals surface area contributed by atoms with Crippen LogP contribution in [0.1, 0.15) is 16.8 Å². The van der Waals surface area contributed by atoms with Gasteiger partial charge in [0, 0.05) is 23.6 Å². The minimum Gasteiger partial charge on any atom is -0.337 e. The second-order valence-electron chi connectivity index (χ2n) is 4.04. The van der Waals surface area contributed by atoms with E-state index in [0.29, 0.717) is 19.5 Å². The number of carbonyl (C=O) groups is 1. The average molecular weight is 305 g/mol. The second-order valence-corrected chi connectivity index (χ2v) is 4.96. The van der Waals surface area contributed by atoms with Crippen molar-refractivity contribution in [1.82, 2.24) is 4.90 Å². The average Bonchev–Trinajstić information content (AvgIpc) is 2.63.